The van der Waals surface area contributed by atoms with Gasteiger partial charge in [0.15, 0.2) is 0 Å². The van der Waals surface area contributed by atoms with Gasteiger partial charge in [-0.2, -0.15) is 5.10 Å². The van der Waals surface area contributed by atoms with Crippen LogP contribution in [0.2, 0.25) is 0 Å². The van der Waals surface area contributed by atoms with Crippen LogP contribution in [-0.2, 0) is 11.3 Å². The summed E-state index contributed by atoms with van der Waals surface area (Å²) in [6.45, 7) is 4.30. The van der Waals surface area contributed by atoms with Gasteiger partial charge in [0.2, 0.25) is 5.91 Å². The molecule has 0 spiro atoms. The smallest absolute Gasteiger partial charge is 0.224 e. The molecular formula is C15H20N4OS. The molecule has 0 bridgehead atoms. The fourth-order valence-electron chi connectivity index (χ4n) is 2.80. The van der Waals surface area contributed by atoms with E-state index in [1.54, 1.807) is 11.3 Å². The van der Waals surface area contributed by atoms with Gasteiger partial charge in [0.25, 0.3) is 0 Å². The van der Waals surface area contributed by atoms with Gasteiger partial charge in [-0.25, -0.2) is 4.98 Å². The van der Waals surface area contributed by atoms with Gasteiger partial charge in [-0.1, -0.05) is 0 Å². The second-order valence-corrected chi connectivity index (χ2v) is 6.45. The number of hydrogen-bond acceptors (Lipinski definition) is 4. The zero-order valence-electron chi connectivity index (χ0n) is 12.2. The molecule has 1 aliphatic rings. The van der Waals surface area contributed by atoms with Gasteiger partial charge >= 0.3 is 0 Å². The fourth-order valence-corrected chi connectivity index (χ4v) is 3.57. The molecule has 2 aromatic heterocycles. The summed E-state index contributed by atoms with van der Waals surface area (Å²) in [4.78, 5) is 18.7. The number of nitrogens with zero attached hydrogens (tertiary/aromatic N) is 4. The molecule has 0 radical (unpaired) electrons. The number of aromatic nitrogens is 3. The number of carbonyl (C=O) groups excluding carboxylic acids is 1. The Balaban J connectivity index is 1.54. The highest BCUT2D eigenvalue weighted by Gasteiger charge is 2.25. The van der Waals surface area contributed by atoms with E-state index >= 15 is 0 Å². The molecule has 1 amide bonds. The molecule has 21 heavy (non-hydrogen) atoms. The molecule has 0 N–H and O–H groups in total. The Labute approximate surface area is 128 Å². The standard InChI is InChI=1S/C15H20N4OS/c1-12-4-8-19(17-12)9-5-14(20)18-7-2-3-13(11-18)15-16-6-10-21-15/h4,6,8,10,13H,2-3,5,7,9,11H2,1H3/t13-/m1/s1. The number of hydrogen-bond donors (Lipinski definition) is 0. The summed E-state index contributed by atoms with van der Waals surface area (Å²) in [7, 11) is 0. The van der Waals surface area contributed by atoms with Crippen molar-refractivity contribution in [2.75, 3.05) is 13.1 Å². The van der Waals surface area contributed by atoms with Crippen molar-refractivity contribution in [1.82, 2.24) is 19.7 Å². The zero-order chi connectivity index (χ0) is 14.7. The Morgan fingerprint density at radius 3 is 3.14 bits per heavy atom. The zero-order valence-corrected chi connectivity index (χ0v) is 13.1. The van der Waals surface area contributed by atoms with E-state index in [-0.39, 0.29) is 5.91 Å². The Kier molecular flexibility index (Phi) is 4.34. The average molecular weight is 304 g/mol. The Hall–Kier alpha value is -1.69. The summed E-state index contributed by atoms with van der Waals surface area (Å²) in [5, 5.41) is 7.49. The maximum absolute atomic E-state index is 12.4. The number of rotatable bonds is 4. The first kappa shape index (κ1) is 14.3. The van der Waals surface area contributed by atoms with Gasteiger partial charge in [0.05, 0.1) is 10.7 Å². The van der Waals surface area contributed by atoms with Crippen molar-refractivity contribution in [3.63, 3.8) is 0 Å². The summed E-state index contributed by atoms with van der Waals surface area (Å²) in [6.07, 6.45) is 6.50. The SMILES string of the molecule is Cc1ccn(CCC(=O)N2CCC[C@@H](c3nccs3)C2)n1. The van der Waals surface area contributed by atoms with E-state index in [0.29, 0.717) is 18.9 Å². The third kappa shape index (κ3) is 3.50. The van der Waals surface area contributed by atoms with Crippen LogP contribution in [0.4, 0.5) is 0 Å². The van der Waals surface area contributed by atoms with Crippen LogP contribution < -0.4 is 0 Å². The van der Waals surface area contributed by atoms with Crippen LogP contribution in [0.1, 0.15) is 35.9 Å². The highest BCUT2D eigenvalue weighted by Crippen LogP contribution is 2.28. The normalized spacial score (nSPS) is 18.9. The summed E-state index contributed by atoms with van der Waals surface area (Å²) < 4.78 is 1.84. The molecule has 0 aliphatic carbocycles. The summed E-state index contributed by atoms with van der Waals surface area (Å²) in [5.41, 5.74) is 0.990. The first-order valence-corrected chi connectivity index (χ1v) is 8.27. The Morgan fingerprint density at radius 2 is 2.43 bits per heavy atom. The van der Waals surface area contributed by atoms with Crippen molar-refractivity contribution in [2.24, 2.45) is 0 Å². The molecule has 0 unspecified atom stereocenters. The van der Waals surface area contributed by atoms with E-state index in [1.165, 1.54) is 0 Å². The molecule has 3 rings (SSSR count). The number of carbonyl (C=O) groups is 1. The van der Waals surface area contributed by atoms with Crippen LogP contribution in [0.5, 0.6) is 0 Å². The van der Waals surface area contributed by atoms with Gasteiger partial charge in [0, 0.05) is 49.7 Å². The second-order valence-electron chi connectivity index (χ2n) is 5.52. The van der Waals surface area contributed by atoms with E-state index < -0.39 is 0 Å². The molecule has 0 aromatic carbocycles. The fraction of sp³-hybridized carbons (Fsp3) is 0.533. The quantitative estimate of drug-likeness (QED) is 0.872. The van der Waals surface area contributed by atoms with Crippen molar-refractivity contribution in [2.45, 2.75) is 38.6 Å². The lowest BCUT2D eigenvalue weighted by atomic mass is 9.98. The minimum absolute atomic E-state index is 0.226. The van der Waals surface area contributed by atoms with Gasteiger partial charge in [-0.3, -0.25) is 9.48 Å². The van der Waals surface area contributed by atoms with E-state index in [1.807, 2.05) is 40.3 Å². The molecule has 1 saturated heterocycles. The van der Waals surface area contributed by atoms with Crippen molar-refractivity contribution >= 4 is 17.2 Å². The van der Waals surface area contributed by atoms with Gasteiger partial charge in [0.1, 0.15) is 0 Å². The number of piperidine rings is 1. The minimum atomic E-state index is 0.226. The number of aryl methyl sites for hydroxylation is 2. The molecule has 6 heteroatoms. The van der Waals surface area contributed by atoms with Crippen LogP contribution in [-0.4, -0.2) is 38.7 Å². The molecule has 1 aliphatic heterocycles. The first-order chi connectivity index (χ1) is 10.2. The van der Waals surface area contributed by atoms with E-state index in [2.05, 4.69) is 10.1 Å². The predicted octanol–water partition coefficient (Wildman–Crippen LogP) is 2.44. The van der Waals surface area contributed by atoms with Crippen molar-refractivity contribution < 1.29 is 4.79 Å². The Morgan fingerprint density at radius 1 is 1.52 bits per heavy atom. The summed E-state index contributed by atoms with van der Waals surface area (Å²) in [6, 6.07) is 1.96. The van der Waals surface area contributed by atoms with Crippen molar-refractivity contribution in [3.8, 4) is 0 Å². The predicted molar refractivity (Wildman–Crippen MR) is 82.3 cm³/mol. The third-order valence-corrected chi connectivity index (χ3v) is 4.84. The van der Waals surface area contributed by atoms with Crippen LogP contribution in [0.25, 0.3) is 0 Å². The average Bonchev–Trinajstić information content (AvgIpc) is 3.16. The third-order valence-electron chi connectivity index (χ3n) is 3.90. The molecule has 1 atom stereocenters. The van der Waals surface area contributed by atoms with Crippen molar-refractivity contribution in [1.29, 1.82) is 0 Å². The topological polar surface area (TPSA) is 51.0 Å². The number of thiazole rings is 1. The largest absolute Gasteiger partial charge is 0.342 e. The summed E-state index contributed by atoms with van der Waals surface area (Å²) in [5.74, 6) is 0.638. The van der Waals surface area contributed by atoms with Crippen LogP contribution in [0, 0.1) is 6.92 Å². The first-order valence-electron chi connectivity index (χ1n) is 7.39. The van der Waals surface area contributed by atoms with Crippen molar-refractivity contribution in [3.05, 3.63) is 34.5 Å². The lowest BCUT2D eigenvalue weighted by molar-refractivity contribution is -0.132. The molecule has 3 heterocycles. The van der Waals surface area contributed by atoms with E-state index in [9.17, 15) is 4.79 Å². The van der Waals surface area contributed by atoms with Gasteiger partial charge < -0.3 is 4.90 Å². The molecule has 5 nitrogen and oxygen atoms in total. The van der Waals surface area contributed by atoms with Crippen LogP contribution in [0.15, 0.2) is 23.8 Å². The van der Waals surface area contributed by atoms with E-state index in [4.69, 9.17) is 0 Å². The lowest BCUT2D eigenvalue weighted by Crippen LogP contribution is -2.39. The van der Waals surface area contributed by atoms with Crippen LogP contribution >= 0.6 is 11.3 Å². The van der Waals surface area contributed by atoms with Gasteiger partial charge in [-0.05, 0) is 25.8 Å². The maximum atomic E-state index is 12.4. The molecular weight excluding hydrogens is 284 g/mol. The second kappa shape index (κ2) is 6.39. The molecule has 1 fully saturated rings. The minimum Gasteiger partial charge on any atom is -0.342 e. The highest BCUT2D eigenvalue weighted by molar-refractivity contribution is 7.09. The monoisotopic (exact) mass is 304 g/mol. The lowest BCUT2D eigenvalue weighted by Gasteiger charge is -2.32. The van der Waals surface area contributed by atoms with Crippen LogP contribution in [0.3, 0.4) is 0 Å². The number of amides is 1. The Bertz CT molecular complexity index is 593. The highest BCUT2D eigenvalue weighted by atomic mass is 32.1. The molecule has 2 aromatic rings. The van der Waals surface area contributed by atoms with Gasteiger partial charge in [-0.15, -0.1) is 11.3 Å². The summed E-state index contributed by atoms with van der Waals surface area (Å²) >= 11 is 1.69. The maximum Gasteiger partial charge on any atom is 0.224 e. The number of likely N-dealkylation sites (tertiary alicyclic amines) is 1. The molecule has 112 valence electrons. The molecule has 0 saturated carbocycles. The van der Waals surface area contributed by atoms with E-state index in [0.717, 1.165) is 36.6 Å².